The number of guanidine groups is 1. The molecule has 1 aliphatic rings. The lowest BCUT2D eigenvalue weighted by Crippen LogP contribution is -2.38. The van der Waals surface area contributed by atoms with Crippen LogP contribution < -0.4 is 5.32 Å². The molecule has 0 spiro atoms. The molecule has 0 amide bonds. The molecule has 0 radical (unpaired) electrons. The van der Waals surface area contributed by atoms with E-state index in [4.69, 9.17) is 0 Å². The van der Waals surface area contributed by atoms with Crippen LogP contribution in [0, 0.1) is 5.82 Å². The molecule has 0 aliphatic carbocycles. The number of fused-ring (bicyclic) bond motifs is 1. The largest absolute Gasteiger partial charge is 0.357 e. The Kier molecular flexibility index (Phi) is 5.08. The maximum Gasteiger partial charge on any atom is 0.194 e. The Labute approximate surface area is 141 Å². The molecule has 0 bridgehead atoms. The predicted octanol–water partition coefficient (Wildman–Crippen LogP) is 1.96. The van der Waals surface area contributed by atoms with Crippen LogP contribution in [-0.4, -0.2) is 39.2 Å². The van der Waals surface area contributed by atoms with Crippen molar-refractivity contribution in [2.45, 2.75) is 39.4 Å². The van der Waals surface area contributed by atoms with Gasteiger partial charge < -0.3 is 14.8 Å². The summed E-state index contributed by atoms with van der Waals surface area (Å²) in [5, 5.41) is 11.7. The van der Waals surface area contributed by atoms with E-state index in [2.05, 4.69) is 25.1 Å². The summed E-state index contributed by atoms with van der Waals surface area (Å²) in [4.78, 5) is 6.71. The standard InChI is InChI=1S/C17H23FN6/c1-3-19-17(23(2)12-13-6-8-14(18)9-7-13)20-11-16-22-21-15-5-4-10-24(15)16/h6-9H,3-5,10-12H2,1-2H3,(H,19,20). The molecule has 6 nitrogen and oxygen atoms in total. The molecule has 3 rings (SSSR count). The van der Waals surface area contributed by atoms with Crippen molar-refractivity contribution in [3.8, 4) is 0 Å². The van der Waals surface area contributed by atoms with Gasteiger partial charge in [0.15, 0.2) is 11.8 Å². The Hall–Kier alpha value is -2.44. The van der Waals surface area contributed by atoms with Gasteiger partial charge in [0.1, 0.15) is 18.2 Å². The van der Waals surface area contributed by atoms with Crippen LogP contribution in [0.5, 0.6) is 0 Å². The van der Waals surface area contributed by atoms with Crippen LogP contribution >= 0.6 is 0 Å². The number of halogens is 1. The smallest absolute Gasteiger partial charge is 0.194 e. The van der Waals surface area contributed by atoms with E-state index in [1.807, 2.05) is 18.9 Å². The Balaban J connectivity index is 1.69. The van der Waals surface area contributed by atoms with Crippen LogP contribution in [0.25, 0.3) is 0 Å². The maximum atomic E-state index is 13.0. The van der Waals surface area contributed by atoms with E-state index in [9.17, 15) is 4.39 Å². The summed E-state index contributed by atoms with van der Waals surface area (Å²) in [5.74, 6) is 2.55. The zero-order valence-corrected chi connectivity index (χ0v) is 14.2. The number of aliphatic imine (C=N–C) groups is 1. The monoisotopic (exact) mass is 330 g/mol. The molecule has 1 aliphatic heterocycles. The molecule has 1 aromatic heterocycles. The van der Waals surface area contributed by atoms with Crippen LogP contribution in [0.1, 0.15) is 30.6 Å². The second-order valence-corrected chi connectivity index (χ2v) is 5.94. The number of aryl methyl sites for hydroxylation is 1. The number of hydrogen-bond donors (Lipinski definition) is 1. The Morgan fingerprint density at radius 1 is 1.33 bits per heavy atom. The molecule has 2 aromatic rings. The van der Waals surface area contributed by atoms with E-state index >= 15 is 0 Å². The van der Waals surface area contributed by atoms with Gasteiger partial charge in [-0.05, 0) is 31.0 Å². The summed E-state index contributed by atoms with van der Waals surface area (Å²) in [6.45, 7) is 4.96. The van der Waals surface area contributed by atoms with Crippen molar-refractivity contribution < 1.29 is 4.39 Å². The van der Waals surface area contributed by atoms with Crippen molar-refractivity contribution in [3.63, 3.8) is 0 Å². The summed E-state index contributed by atoms with van der Waals surface area (Å²) in [6, 6.07) is 6.54. The van der Waals surface area contributed by atoms with Gasteiger partial charge in [0.05, 0.1) is 0 Å². The van der Waals surface area contributed by atoms with E-state index < -0.39 is 0 Å². The van der Waals surface area contributed by atoms with Crippen molar-refractivity contribution in [1.29, 1.82) is 0 Å². The third kappa shape index (κ3) is 3.72. The second-order valence-electron chi connectivity index (χ2n) is 5.94. The summed E-state index contributed by atoms with van der Waals surface area (Å²) in [5.41, 5.74) is 1.04. The zero-order valence-electron chi connectivity index (χ0n) is 14.2. The first-order valence-electron chi connectivity index (χ1n) is 8.32. The fraction of sp³-hybridized carbons (Fsp3) is 0.471. The van der Waals surface area contributed by atoms with Crippen LogP contribution in [0.15, 0.2) is 29.3 Å². The fourth-order valence-corrected chi connectivity index (χ4v) is 2.88. The topological polar surface area (TPSA) is 58.3 Å². The molecule has 1 aromatic carbocycles. The first-order chi connectivity index (χ1) is 11.7. The molecular formula is C17H23FN6. The lowest BCUT2D eigenvalue weighted by molar-refractivity contribution is 0.475. The van der Waals surface area contributed by atoms with Crippen molar-refractivity contribution in [2.24, 2.45) is 4.99 Å². The van der Waals surface area contributed by atoms with Gasteiger partial charge in [0, 0.05) is 33.1 Å². The van der Waals surface area contributed by atoms with Gasteiger partial charge in [-0.1, -0.05) is 12.1 Å². The third-order valence-electron chi connectivity index (χ3n) is 4.09. The molecule has 0 saturated carbocycles. The molecule has 1 N–H and O–H groups in total. The first-order valence-corrected chi connectivity index (χ1v) is 8.32. The lowest BCUT2D eigenvalue weighted by Gasteiger charge is -2.22. The number of benzene rings is 1. The van der Waals surface area contributed by atoms with Gasteiger partial charge in [0.2, 0.25) is 0 Å². The lowest BCUT2D eigenvalue weighted by atomic mass is 10.2. The van der Waals surface area contributed by atoms with Crippen LogP contribution in [-0.2, 0) is 26.1 Å². The fourth-order valence-electron chi connectivity index (χ4n) is 2.88. The predicted molar refractivity (Wildman–Crippen MR) is 91.0 cm³/mol. The van der Waals surface area contributed by atoms with Crippen molar-refractivity contribution in [2.75, 3.05) is 13.6 Å². The van der Waals surface area contributed by atoms with Crippen LogP contribution in [0.4, 0.5) is 4.39 Å². The van der Waals surface area contributed by atoms with Crippen molar-refractivity contribution >= 4 is 5.96 Å². The number of hydrogen-bond acceptors (Lipinski definition) is 3. The number of aromatic nitrogens is 3. The number of rotatable bonds is 5. The van der Waals surface area contributed by atoms with E-state index in [1.54, 1.807) is 12.1 Å². The molecule has 0 unspecified atom stereocenters. The quantitative estimate of drug-likeness (QED) is 0.672. The van der Waals surface area contributed by atoms with Crippen molar-refractivity contribution in [3.05, 3.63) is 47.3 Å². The number of nitrogens with zero attached hydrogens (tertiary/aromatic N) is 5. The molecule has 0 fully saturated rings. The van der Waals surface area contributed by atoms with E-state index in [-0.39, 0.29) is 5.82 Å². The minimum atomic E-state index is -0.220. The Morgan fingerprint density at radius 3 is 2.88 bits per heavy atom. The second kappa shape index (κ2) is 7.42. The number of nitrogens with one attached hydrogen (secondary N) is 1. The van der Waals surface area contributed by atoms with Crippen LogP contribution in [0.3, 0.4) is 0 Å². The normalized spacial score (nSPS) is 13.9. The highest BCUT2D eigenvalue weighted by Gasteiger charge is 2.17. The van der Waals surface area contributed by atoms with Gasteiger partial charge in [-0.2, -0.15) is 0 Å². The van der Waals surface area contributed by atoms with Gasteiger partial charge in [0.25, 0.3) is 0 Å². The highest BCUT2D eigenvalue weighted by atomic mass is 19.1. The third-order valence-corrected chi connectivity index (χ3v) is 4.09. The highest BCUT2D eigenvalue weighted by molar-refractivity contribution is 5.79. The molecule has 24 heavy (non-hydrogen) atoms. The average molecular weight is 330 g/mol. The van der Waals surface area contributed by atoms with Crippen molar-refractivity contribution in [1.82, 2.24) is 25.0 Å². The summed E-state index contributed by atoms with van der Waals surface area (Å²) < 4.78 is 15.2. The molecule has 7 heteroatoms. The maximum absolute atomic E-state index is 13.0. The Bertz CT molecular complexity index is 706. The summed E-state index contributed by atoms with van der Waals surface area (Å²) in [6.07, 6.45) is 2.13. The molecular weight excluding hydrogens is 307 g/mol. The van der Waals surface area contributed by atoms with E-state index in [1.165, 1.54) is 12.1 Å². The summed E-state index contributed by atoms with van der Waals surface area (Å²) in [7, 11) is 1.97. The highest BCUT2D eigenvalue weighted by Crippen LogP contribution is 2.14. The minimum Gasteiger partial charge on any atom is -0.357 e. The SMILES string of the molecule is CCNC(=NCc1nnc2n1CCC2)N(C)Cc1ccc(F)cc1. The van der Waals surface area contributed by atoms with Crippen LogP contribution in [0.2, 0.25) is 0 Å². The first kappa shape index (κ1) is 16.4. The van der Waals surface area contributed by atoms with Gasteiger partial charge in [-0.15, -0.1) is 10.2 Å². The molecule has 128 valence electrons. The Morgan fingerprint density at radius 2 is 2.12 bits per heavy atom. The molecule has 0 saturated heterocycles. The summed E-state index contributed by atoms with van der Waals surface area (Å²) >= 11 is 0. The molecule has 0 atom stereocenters. The van der Waals surface area contributed by atoms with Gasteiger partial charge in [-0.25, -0.2) is 9.38 Å². The van der Waals surface area contributed by atoms with Gasteiger partial charge in [-0.3, -0.25) is 0 Å². The zero-order chi connectivity index (χ0) is 16.9. The van der Waals surface area contributed by atoms with E-state index in [0.717, 1.165) is 49.1 Å². The average Bonchev–Trinajstić information content (AvgIpc) is 3.17. The van der Waals surface area contributed by atoms with Gasteiger partial charge >= 0.3 is 0 Å². The minimum absolute atomic E-state index is 0.220. The molecule has 2 heterocycles. The van der Waals surface area contributed by atoms with E-state index in [0.29, 0.717) is 13.1 Å².